The van der Waals surface area contributed by atoms with Gasteiger partial charge in [0.15, 0.2) is 0 Å². The standard InChI is InChI=1S/C19H24N4O4/c1-4-13-5-7-14(8-6-13)9-10-15(24)21-22-16(25)11-12-23-17(26)19(2,3)20-18(23)27/h5-10H,4,11-12H2,1-3H3,(H,20,27)(H,21,24)(H,22,25)/b10-9+. The van der Waals surface area contributed by atoms with E-state index in [2.05, 4.69) is 23.1 Å². The van der Waals surface area contributed by atoms with Crippen LogP contribution in [0.2, 0.25) is 0 Å². The fourth-order valence-corrected chi connectivity index (χ4v) is 2.51. The van der Waals surface area contributed by atoms with E-state index in [0.29, 0.717) is 0 Å². The number of hydrazine groups is 1. The Hall–Kier alpha value is -3.16. The third kappa shape index (κ3) is 5.40. The van der Waals surface area contributed by atoms with Crippen molar-refractivity contribution >= 4 is 29.8 Å². The fourth-order valence-electron chi connectivity index (χ4n) is 2.51. The van der Waals surface area contributed by atoms with Crippen LogP contribution >= 0.6 is 0 Å². The van der Waals surface area contributed by atoms with Gasteiger partial charge in [0.25, 0.3) is 11.8 Å². The molecule has 3 N–H and O–H groups in total. The Balaban J connectivity index is 1.74. The maximum atomic E-state index is 12.0. The van der Waals surface area contributed by atoms with Gasteiger partial charge >= 0.3 is 6.03 Å². The minimum atomic E-state index is -0.970. The quantitative estimate of drug-likeness (QED) is 0.395. The number of hydrogen-bond acceptors (Lipinski definition) is 4. The number of urea groups is 1. The summed E-state index contributed by atoms with van der Waals surface area (Å²) in [4.78, 5) is 48.3. The normalized spacial score (nSPS) is 15.7. The van der Waals surface area contributed by atoms with Gasteiger partial charge in [0.1, 0.15) is 5.54 Å². The number of hydrogen-bond donors (Lipinski definition) is 3. The highest BCUT2D eigenvalue weighted by Crippen LogP contribution is 2.16. The topological polar surface area (TPSA) is 108 Å². The van der Waals surface area contributed by atoms with Gasteiger partial charge in [-0.05, 0) is 37.5 Å². The number of carbonyl (C=O) groups is 4. The highest BCUT2D eigenvalue weighted by atomic mass is 16.2. The van der Waals surface area contributed by atoms with Crippen molar-refractivity contribution in [2.24, 2.45) is 0 Å². The molecule has 5 amide bonds. The molecule has 0 saturated carbocycles. The van der Waals surface area contributed by atoms with E-state index >= 15 is 0 Å². The van der Waals surface area contributed by atoms with Crippen molar-refractivity contribution in [2.45, 2.75) is 39.2 Å². The van der Waals surface area contributed by atoms with Crippen LogP contribution in [-0.2, 0) is 20.8 Å². The number of rotatable bonds is 6. The Bertz CT molecular complexity index is 768. The smallest absolute Gasteiger partial charge is 0.324 e. The zero-order valence-electron chi connectivity index (χ0n) is 15.7. The monoisotopic (exact) mass is 372 g/mol. The second kappa shape index (κ2) is 8.48. The van der Waals surface area contributed by atoms with Gasteiger partial charge in [0.05, 0.1) is 0 Å². The molecule has 1 aliphatic heterocycles. The van der Waals surface area contributed by atoms with E-state index in [9.17, 15) is 19.2 Å². The molecule has 0 atom stereocenters. The second-order valence-electron chi connectivity index (χ2n) is 6.73. The maximum absolute atomic E-state index is 12.0. The van der Waals surface area contributed by atoms with Gasteiger partial charge in [-0.2, -0.15) is 0 Å². The molecule has 1 aromatic carbocycles. The van der Waals surface area contributed by atoms with Gasteiger partial charge in [0.2, 0.25) is 5.91 Å². The van der Waals surface area contributed by atoms with Crippen molar-refractivity contribution in [1.82, 2.24) is 21.1 Å². The minimum Gasteiger partial charge on any atom is -0.324 e. The molecular weight excluding hydrogens is 348 g/mol. The minimum absolute atomic E-state index is 0.0601. The molecule has 0 unspecified atom stereocenters. The summed E-state index contributed by atoms with van der Waals surface area (Å²) in [6.45, 7) is 5.19. The number of benzene rings is 1. The predicted octanol–water partition coefficient (Wildman–Crippen LogP) is 1.13. The Morgan fingerprint density at radius 1 is 1.15 bits per heavy atom. The molecule has 1 saturated heterocycles. The van der Waals surface area contributed by atoms with Crippen molar-refractivity contribution < 1.29 is 19.2 Å². The number of amides is 5. The SMILES string of the molecule is CCc1ccc(/C=C/C(=O)NNC(=O)CCN2C(=O)NC(C)(C)C2=O)cc1. The van der Waals surface area contributed by atoms with Crippen LogP contribution in [0.3, 0.4) is 0 Å². The third-order valence-corrected chi connectivity index (χ3v) is 4.15. The molecule has 2 rings (SSSR count). The molecule has 0 spiro atoms. The first-order valence-electron chi connectivity index (χ1n) is 8.73. The van der Waals surface area contributed by atoms with E-state index in [4.69, 9.17) is 0 Å². The molecule has 1 aromatic rings. The lowest BCUT2D eigenvalue weighted by Crippen LogP contribution is -2.43. The Morgan fingerprint density at radius 3 is 2.37 bits per heavy atom. The van der Waals surface area contributed by atoms with Gasteiger partial charge in [0, 0.05) is 19.0 Å². The summed E-state index contributed by atoms with van der Waals surface area (Å²) in [5.41, 5.74) is 5.62. The molecule has 0 aromatic heterocycles. The van der Waals surface area contributed by atoms with Gasteiger partial charge < -0.3 is 5.32 Å². The van der Waals surface area contributed by atoms with Gasteiger partial charge in [-0.15, -0.1) is 0 Å². The average molecular weight is 372 g/mol. The summed E-state index contributed by atoms with van der Waals surface area (Å²) in [5.74, 6) is -1.38. The summed E-state index contributed by atoms with van der Waals surface area (Å²) in [6, 6.07) is 7.24. The molecular formula is C19H24N4O4. The van der Waals surface area contributed by atoms with E-state index < -0.39 is 23.4 Å². The second-order valence-corrected chi connectivity index (χ2v) is 6.73. The Morgan fingerprint density at radius 2 is 1.81 bits per heavy atom. The Labute approximate surface area is 158 Å². The molecule has 0 radical (unpaired) electrons. The van der Waals surface area contributed by atoms with Crippen LogP contribution in [0.1, 0.15) is 38.3 Å². The summed E-state index contributed by atoms with van der Waals surface area (Å²) in [6.07, 6.45) is 3.77. The van der Waals surface area contributed by atoms with Crippen molar-refractivity contribution in [3.63, 3.8) is 0 Å². The predicted molar refractivity (Wildman–Crippen MR) is 100 cm³/mol. The first-order valence-corrected chi connectivity index (χ1v) is 8.73. The number of imide groups is 1. The lowest BCUT2D eigenvalue weighted by molar-refractivity contribution is -0.131. The van der Waals surface area contributed by atoms with Crippen LogP contribution < -0.4 is 16.2 Å². The van der Waals surface area contributed by atoms with Crippen molar-refractivity contribution in [1.29, 1.82) is 0 Å². The molecule has 0 aliphatic carbocycles. The molecule has 1 fully saturated rings. The van der Waals surface area contributed by atoms with Crippen molar-refractivity contribution in [3.8, 4) is 0 Å². The van der Waals surface area contributed by atoms with Crippen molar-refractivity contribution in [2.75, 3.05) is 6.54 Å². The number of aryl methyl sites for hydroxylation is 1. The first kappa shape index (κ1) is 20.2. The zero-order chi connectivity index (χ0) is 20.0. The van der Waals surface area contributed by atoms with Gasteiger partial charge in [-0.3, -0.25) is 30.1 Å². The fraction of sp³-hybridized carbons (Fsp3) is 0.368. The molecule has 0 bridgehead atoms. The van der Waals surface area contributed by atoms with Crippen LogP contribution in [0.15, 0.2) is 30.3 Å². The molecule has 144 valence electrons. The number of carbonyl (C=O) groups excluding carboxylic acids is 4. The summed E-state index contributed by atoms with van der Waals surface area (Å²) in [5, 5.41) is 2.53. The average Bonchev–Trinajstić information content (AvgIpc) is 2.84. The molecule has 8 heteroatoms. The molecule has 27 heavy (non-hydrogen) atoms. The van der Waals surface area contributed by atoms with Crippen LogP contribution in [0, 0.1) is 0 Å². The highest BCUT2D eigenvalue weighted by Gasteiger charge is 2.43. The first-order chi connectivity index (χ1) is 12.7. The zero-order valence-corrected chi connectivity index (χ0v) is 15.7. The van der Waals surface area contributed by atoms with E-state index in [0.717, 1.165) is 16.9 Å². The summed E-state index contributed by atoms with van der Waals surface area (Å²) >= 11 is 0. The van der Waals surface area contributed by atoms with Gasteiger partial charge in [-0.25, -0.2) is 4.79 Å². The summed E-state index contributed by atoms with van der Waals surface area (Å²) < 4.78 is 0. The number of nitrogens with zero attached hydrogens (tertiary/aromatic N) is 1. The third-order valence-electron chi connectivity index (χ3n) is 4.15. The van der Waals surface area contributed by atoms with E-state index in [-0.39, 0.29) is 18.9 Å². The molecule has 1 heterocycles. The molecule has 8 nitrogen and oxygen atoms in total. The van der Waals surface area contributed by atoms with Crippen LogP contribution in [0.25, 0.3) is 6.08 Å². The van der Waals surface area contributed by atoms with E-state index in [1.807, 2.05) is 24.3 Å². The van der Waals surface area contributed by atoms with Crippen LogP contribution in [0.4, 0.5) is 4.79 Å². The van der Waals surface area contributed by atoms with Crippen molar-refractivity contribution in [3.05, 3.63) is 41.5 Å². The van der Waals surface area contributed by atoms with Gasteiger partial charge in [-0.1, -0.05) is 31.2 Å². The van der Waals surface area contributed by atoms with Crippen LogP contribution in [0.5, 0.6) is 0 Å². The lowest BCUT2D eigenvalue weighted by Gasteiger charge is -2.15. The van der Waals surface area contributed by atoms with E-state index in [1.54, 1.807) is 19.9 Å². The largest absolute Gasteiger partial charge is 0.325 e. The van der Waals surface area contributed by atoms with Crippen LogP contribution in [-0.4, -0.2) is 40.7 Å². The summed E-state index contributed by atoms with van der Waals surface area (Å²) in [7, 11) is 0. The number of nitrogens with one attached hydrogen (secondary N) is 3. The Kier molecular flexibility index (Phi) is 6.33. The highest BCUT2D eigenvalue weighted by molar-refractivity contribution is 6.06. The lowest BCUT2D eigenvalue weighted by atomic mass is 10.1. The van der Waals surface area contributed by atoms with E-state index in [1.165, 1.54) is 11.6 Å². The maximum Gasteiger partial charge on any atom is 0.325 e. The molecule has 1 aliphatic rings.